The van der Waals surface area contributed by atoms with E-state index in [1.54, 1.807) is 0 Å². The predicted octanol–water partition coefficient (Wildman–Crippen LogP) is 1.06. The number of rotatable bonds is 5. The summed E-state index contributed by atoms with van der Waals surface area (Å²) in [6.45, 7) is 1.36. The van der Waals surface area contributed by atoms with Crippen LogP contribution in [0.3, 0.4) is 0 Å². The number of nitrogens with one attached hydrogen (secondary N) is 1. The summed E-state index contributed by atoms with van der Waals surface area (Å²) in [6, 6.07) is 8.11. The molecular weight excluding hydrogens is 258 g/mol. The van der Waals surface area contributed by atoms with Gasteiger partial charge in [0.2, 0.25) is 5.91 Å². The second-order valence-corrected chi connectivity index (χ2v) is 5.33. The standard InChI is InChI=1S/C15H19NO4/c1-10(17)12(13(18)19)16-14(20)15(8-5-9-15)11-6-3-2-4-7-11/h2-4,6-7,10,12,17H,5,8-9H2,1H3,(H,16,20)(H,18,19). The molecule has 1 aromatic rings. The van der Waals surface area contributed by atoms with Crippen molar-refractivity contribution in [2.24, 2.45) is 0 Å². The Morgan fingerprint density at radius 3 is 2.25 bits per heavy atom. The summed E-state index contributed by atoms with van der Waals surface area (Å²) < 4.78 is 0. The number of carboxylic acids is 1. The first-order chi connectivity index (χ1) is 9.47. The van der Waals surface area contributed by atoms with Crippen molar-refractivity contribution in [1.82, 2.24) is 5.32 Å². The lowest BCUT2D eigenvalue weighted by Crippen LogP contribution is -2.56. The zero-order valence-electron chi connectivity index (χ0n) is 11.4. The highest BCUT2D eigenvalue weighted by Crippen LogP contribution is 2.43. The molecule has 1 fully saturated rings. The molecule has 2 unspecified atom stereocenters. The Kier molecular flexibility index (Phi) is 4.09. The molecule has 2 rings (SSSR count). The molecule has 0 bridgehead atoms. The minimum absolute atomic E-state index is 0.316. The number of aliphatic hydroxyl groups excluding tert-OH is 1. The van der Waals surface area contributed by atoms with Crippen molar-refractivity contribution >= 4 is 11.9 Å². The van der Waals surface area contributed by atoms with Gasteiger partial charge in [-0.05, 0) is 25.3 Å². The maximum Gasteiger partial charge on any atom is 0.328 e. The largest absolute Gasteiger partial charge is 0.480 e. The molecule has 1 aromatic carbocycles. The highest BCUT2D eigenvalue weighted by Gasteiger charge is 2.46. The van der Waals surface area contributed by atoms with Crippen LogP contribution in [0.15, 0.2) is 30.3 Å². The number of carboxylic acid groups (broad SMARTS) is 1. The first kappa shape index (κ1) is 14.5. The number of aliphatic carboxylic acids is 1. The van der Waals surface area contributed by atoms with Crippen molar-refractivity contribution in [3.05, 3.63) is 35.9 Å². The Balaban J connectivity index is 2.20. The van der Waals surface area contributed by atoms with Gasteiger partial charge < -0.3 is 15.5 Å². The number of carbonyl (C=O) groups is 2. The van der Waals surface area contributed by atoms with Crippen LogP contribution in [0.5, 0.6) is 0 Å². The third-order valence-electron chi connectivity index (χ3n) is 4.00. The zero-order chi connectivity index (χ0) is 14.8. The number of benzene rings is 1. The number of amides is 1. The highest BCUT2D eigenvalue weighted by molar-refractivity contribution is 5.92. The van der Waals surface area contributed by atoms with E-state index in [4.69, 9.17) is 5.11 Å². The second-order valence-electron chi connectivity index (χ2n) is 5.33. The van der Waals surface area contributed by atoms with E-state index in [9.17, 15) is 14.7 Å². The van der Waals surface area contributed by atoms with Gasteiger partial charge in [-0.3, -0.25) is 4.79 Å². The van der Waals surface area contributed by atoms with Crippen molar-refractivity contribution in [1.29, 1.82) is 0 Å². The van der Waals surface area contributed by atoms with Crippen molar-refractivity contribution in [2.75, 3.05) is 0 Å². The molecule has 1 amide bonds. The van der Waals surface area contributed by atoms with Crippen molar-refractivity contribution < 1.29 is 19.8 Å². The monoisotopic (exact) mass is 277 g/mol. The number of hydrogen-bond donors (Lipinski definition) is 3. The quantitative estimate of drug-likeness (QED) is 0.751. The summed E-state index contributed by atoms with van der Waals surface area (Å²) in [7, 11) is 0. The van der Waals surface area contributed by atoms with Crippen LogP contribution in [0.4, 0.5) is 0 Å². The molecule has 0 aromatic heterocycles. The Morgan fingerprint density at radius 1 is 1.25 bits per heavy atom. The molecule has 0 spiro atoms. The van der Waals surface area contributed by atoms with Gasteiger partial charge in [0.25, 0.3) is 0 Å². The number of carbonyl (C=O) groups excluding carboxylic acids is 1. The average molecular weight is 277 g/mol. The predicted molar refractivity (Wildman–Crippen MR) is 73.2 cm³/mol. The molecule has 3 N–H and O–H groups in total. The van der Waals surface area contributed by atoms with E-state index in [0.29, 0.717) is 12.8 Å². The first-order valence-electron chi connectivity index (χ1n) is 6.75. The van der Waals surface area contributed by atoms with Gasteiger partial charge >= 0.3 is 5.97 Å². The van der Waals surface area contributed by atoms with E-state index >= 15 is 0 Å². The molecule has 20 heavy (non-hydrogen) atoms. The van der Waals surface area contributed by atoms with Crippen molar-refractivity contribution in [3.63, 3.8) is 0 Å². The van der Waals surface area contributed by atoms with E-state index in [0.717, 1.165) is 12.0 Å². The van der Waals surface area contributed by atoms with E-state index in [1.807, 2.05) is 30.3 Å². The second kappa shape index (κ2) is 5.63. The average Bonchev–Trinajstić information content (AvgIpc) is 2.35. The van der Waals surface area contributed by atoms with E-state index < -0.39 is 23.5 Å². The molecule has 0 radical (unpaired) electrons. The van der Waals surface area contributed by atoms with Gasteiger partial charge in [0.05, 0.1) is 11.5 Å². The topological polar surface area (TPSA) is 86.6 Å². The Hall–Kier alpha value is -1.88. The van der Waals surface area contributed by atoms with Gasteiger partial charge in [0, 0.05) is 0 Å². The molecule has 2 atom stereocenters. The first-order valence-corrected chi connectivity index (χ1v) is 6.75. The molecule has 1 aliphatic carbocycles. The van der Waals surface area contributed by atoms with Crippen LogP contribution in [0.2, 0.25) is 0 Å². The molecule has 0 saturated heterocycles. The Bertz CT molecular complexity index is 494. The molecular formula is C15H19NO4. The molecule has 108 valence electrons. The number of hydrogen-bond acceptors (Lipinski definition) is 3. The van der Waals surface area contributed by atoms with Crippen molar-refractivity contribution in [2.45, 2.75) is 43.7 Å². The zero-order valence-corrected chi connectivity index (χ0v) is 11.4. The van der Waals surface area contributed by atoms with Gasteiger partial charge in [-0.1, -0.05) is 36.8 Å². The molecule has 0 heterocycles. The van der Waals surface area contributed by atoms with Crippen LogP contribution >= 0.6 is 0 Å². The van der Waals surface area contributed by atoms with E-state index in [-0.39, 0.29) is 5.91 Å². The minimum Gasteiger partial charge on any atom is -0.480 e. The fourth-order valence-corrected chi connectivity index (χ4v) is 2.60. The molecule has 0 aliphatic heterocycles. The Labute approximate surface area is 117 Å². The van der Waals surface area contributed by atoms with Gasteiger partial charge in [0.15, 0.2) is 6.04 Å². The summed E-state index contributed by atoms with van der Waals surface area (Å²) in [6.07, 6.45) is 1.21. The van der Waals surface area contributed by atoms with Crippen LogP contribution in [0.1, 0.15) is 31.7 Å². The SMILES string of the molecule is CC(O)C(NC(=O)C1(c2ccccc2)CCC1)C(=O)O. The fourth-order valence-electron chi connectivity index (χ4n) is 2.60. The molecule has 5 heteroatoms. The normalized spacial score (nSPS) is 19.5. The van der Waals surface area contributed by atoms with Crippen LogP contribution < -0.4 is 5.32 Å². The maximum absolute atomic E-state index is 12.5. The maximum atomic E-state index is 12.5. The summed E-state index contributed by atoms with van der Waals surface area (Å²) in [4.78, 5) is 23.6. The van der Waals surface area contributed by atoms with Gasteiger partial charge in [-0.2, -0.15) is 0 Å². The lowest BCUT2D eigenvalue weighted by Gasteiger charge is -2.41. The number of aliphatic hydroxyl groups is 1. The smallest absolute Gasteiger partial charge is 0.328 e. The third-order valence-corrected chi connectivity index (χ3v) is 4.00. The van der Waals surface area contributed by atoms with Crippen LogP contribution in [0.25, 0.3) is 0 Å². The van der Waals surface area contributed by atoms with Crippen LogP contribution in [-0.4, -0.2) is 34.2 Å². The van der Waals surface area contributed by atoms with Crippen molar-refractivity contribution in [3.8, 4) is 0 Å². The van der Waals surface area contributed by atoms with Crippen LogP contribution in [-0.2, 0) is 15.0 Å². The van der Waals surface area contributed by atoms with Gasteiger partial charge in [-0.15, -0.1) is 0 Å². The molecule has 5 nitrogen and oxygen atoms in total. The van der Waals surface area contributed by atoms with Gasteiger partial charge in [-0.25, -0.2) is 4.79 Å². The summed E-state index contributed by atoms with van der Waals surface area (Å²) in [5.74, 6) is -1.54. The van der Waals surface area contributed by atoms with Crippen LogP contribution in [0, 0.1) is 0 Å². The summed E-state index contributed by atoms with van der Waals surface area (Å²) in [5, 5.41) is 21.0. The lowest BCUT2D eigenvalue weighted by molar-refractivity contribution is -0.146. The minimum atomic E-state index is -1.27. The lowest BCUT2D eigenvalue weighted by atomic mass is 9.63. The fraction of sp³-hybridized carbons (Fsp3) is 0.467. The van der Waals surface area contributed by atoms with Gasteiger partial charge in [0.1, 0.15) is 0 Å². The third kappa shape index (κ3) is 2.54. The summed E-state index contributed by atoms with van der Waals surface area (Å²) in [5.41, 5.74) is 0.252. The highest BCUT2D eigenvalue weighted by atomic mass is 16.4. The van der Waals surface area contributed by atoms with E-state index in [1.165, 1.54) is 6.92 Å². The molecule has 1 saturated carbocycles. The summed E-state index contributed by atoms with van der Waals surface area (Å²) >= 11 is 0. The van der Waals surface area contributed by atoms with E-state index in [2.05, 4.69) is 5.32 Å². The Morgan fingerprint density at radius 2 is 1.85 bits per heavy atom. The molecule has 1 aliphatic rings.